The normalized spacial score (nSPS) is 31.8. The van der Waals surface area contributed by atoms with Crippen molar-refractivity contribution in [2.45, 2.75) is 103 Å². The Morgan fingerprint density at radius 1 is 1.03 bits per heavy atom. The van der Waals surface area contributed by atoms with Crippen LogP contribution in [0.5, 0.6) is 0 Å². The molecule has 63 heavy (non-hydrogen) atoms. The molecule has 0 aromatic carbocycles. The number of nitrogens with zero attached hydrogens (tertiary/aromatic N) is 2. The molecule has 2 aliphatic heterocycles. The summed E-state index contributed by atoms with van der Waals surface area (Å²) in [5.74, 6) is 2.04. The van der Waals surface area contributed by atoms with Crippen molar-refractivity contribution >= 4 is 23.3 Å². The molecule has 0 bridgehead atoms. The Bertz CT molecular complexity index is 2400. The highest BCUT2D eigenvalue weighted by molar-refractivity contribution is 8.04. The Kier molecular flexibility index (Phi) is 14.0. The smallest absolute Gasteiger partial charge is 0.112 e. The van der Waals surface area contributed by atoms with Gasteiger partial charge < -0.3 is 11.1 Å². The predicted octanol–water partition coefficient (Wildman–Crippen LogP) is 12.6. The third kappa shape index (κ3) is 10.7. The summed E-state index contributed by atoms with van der Waals surface area (Å²) >= 11 is 2.01. The zero-order chi connectivity index (χ0) is 44.0. The number of hydrogen-bond donors (Lipinski definition) is 3. The summed E-state index contributed by atoms with van der Waals surface area (Å²) in [4.78, 5) is 12.2. The van der Waals surface area contributed by atoms with E-state index >= 15 is 0 Å². The van der Waals surface area contributed by atoms with Crippen LogP contribution in [0.4, 0.5) is 0 Å². The molecule has 2 heterocycles. The molecule has 7 unspecified atom stereocenters. The van der Waals surface area contributed by atoms with Gasteiger partial charge in [-0.05, 0) is 130 Å². The van der Waals surface area contributed by atoms with Gasteiger partial charge in [0.05, 0.1) is 23.7 Å². The van der Waals surface area contributed by atoms with Crippen LogP contribution in [0.2, 0.25) is 0 Å². The second kappa shape index (κ2) is 19.8. The predicted molar refractivity (Wildman–Crippen MR) is 272 cm³/mol. The lowest BCUT2D eigenvalue weighted by atomic mass is 9.84. The number of nitrogens with one attached hydrogen (secondary N) is 2. The van der Waals surface area contributed by atoms with Crippen LogP contribution < -0.4 is 16.4 Å². The third-order valence-electron chi connectivity index (χ3n) is 13.4. The molecule has 0 radical (unpaired) electrons. The van der Waals surface area contributed by atoms with Gasteiger partial charge >= 0.3 is 0 Å². The molecular weight excluding hydrogens is 787 g/mol. The Morgan fingerprint density at radius 2 is 1.92 bits per heavy atom. The van der Waals surface area contributed by atoms with Crippen LogP contribution in [-0.2, 0) is 0 Å². The fourth-order valence-electron chi connectivity index (χ4n) is 9.80. The van der Waals surface area contributed by atoms with Gasteiger partial charge in [0.1, 0.15) is 17.7 Å². The Balaban J connectivity index is 1.12. The van der Waals surface area contributed by atoms with Gasteiger partial charge in [-0.2, -0.15) is 0 Å². The molecule has 6 aliphatic carbocycles. The second-order valence-corrected chi connectivity index (χ2v) is 19.9. The van der Waals surface area contributed by atoms with Crippen LogP contribution in [0.1, 0.15) is 79.6 Å². The van der Waals surface area contributed by atoms with Gasteiger partial charge in [0.2, 0.25) is 0 Å². The van der Waals surface area contributed by atoms with E-state index < -0.39 is 5.66 Å². The van der Waals surface area contributed by atoms with Gasteiger partial charge in [-0.15, -0.1) is 11.8 Å². The van der Waals surface area contributed by atoms with E-state index in [4.69, 9.17) is 22.3 Å². The number of nitrogens with two attached hydrogens (primary N) is 1. The molecule has 0 spiro atoms. The Hall–Kier alpha value is -5.01. The number of amidine groups is 1. The molecule has 4 N–H and O–H groups in total. The lowest BCUT2D eigenvalue weighted by molar-refractivity contribution is 0.366. The van der Waals surface area contributed by atoms with Crippen molar-refractivity contribution in [1.82, 2.24) is 10.6 Å². The van der Waals surface area contributed by atoms with Gasteiger partial charge in [-0.3, -0.25) is 15.3 Å². The number of hydrogen-bond acceptors (Lipinski definition) is 6. The maximum absolute atomic E-state index is 7.17. The fourth-order valence-corrected chi connectivity index (χ4v) is 11.2. The van der Waals surface area contributed by atoms with E-state index in [0.29, 0.717) is 23.6 Å². The minimum atomic E-state index is -0.798. The lowest BCUT2D eigenvalue weighted by Gasteiger charge is -2.31. The van der Waals surface area contributed by atoms with Crippen molar-refractivity contribution in [2.24, 2.45) is 38.9 Å². The summed E-state index contributed by atoms with van der Waals surface area (Å²) in [7, 11) is 0. The first-order chi connectivity index (χ1) is 30.5. The summed E-state index contributed by atoms with van der Waals surface area (Å²) in [5.41, 5.74) is 16.6. The standard InChI is InChI=1S/C57H67N5S/c1-7-18-46(54-60-51(43-20-10-8-11-21-43)38-59-55(61-54)56(5)32-17-16-19-40(3)37-56)34-41(4)44-22-14-15-23-45(36-44)50(62-57(6,58)47-24-12-9-13-25-47)29-27-42-28-31-53-49(35-42)48-33-39(2)26-30-52(48)63-53/h7-10,12-13,16-20,23-24,27-37,39,47,49,51,53-54,60H,4,11,14-15,21-22,25-26,38,58H2,1-3,5-6H3,(H,59,61)/b18-7-,29-27+,46-34+,62-50?/t39-,47?,49?,51?,53?,54?,56?,57?/m0/s1. The summed E-state index contributed by atoms with van der Waals surface area (Å²) < 4.78 is 0. The van der Waals surface area contributed by atoms with E-state index in [9.17, 15) is 0 Å². The second-order valence-electron chi connectivity index (χ2n) is 18.7. The molecule has 6 heteroatoms. The first-order valence-corrected chi connectivity index (χ1v) is 24.2. The van der Waals surface area contributed by atoms with Crippen molar-refractivity contribution < 1.29 is 0 Å². The minimum Gasteiger partial charge on any atom is -0.354 e. The van der Waals surface area contributed by atoms with Crippen LogP contribution >= 0.6 is 11.8 Å². The molecule has 0 amide bonds. The van der Waals surface area contributed by atoms with E-state index in [1.165, 1.54) is 32.8 Å². The maximum atomic E-state index is 7.17. The Morgan fingerprint density at radius 3 is 2.73 bits per heavy atom. The van der Waals surface area contributed by atoms with E-state index in [0.717, 1.165) is 73.2 Å². The van der Waals surface area contributed by atoms with E-state index in [-0.39, 0.29) is 23.5 Å². The Labute approximate surface area is 382 Å². The van der Waals surface area contributed by atoms with Crippen molar-refractivity contribution in [2.75, 3.05) is 6.54 Å². The number of allylic oxidation sites excluding steroid dienone is 25. The molecule has 8 aliphatic rings. The van der Waals surface area contributed by atoms with E-state index in [2.05, 4.69) is 191 Å². The number of fused-ring (bicyclic) bond motifs is 3. The topological polar surface area (TPSA) is 74.8 Å². The first-order valence-electron chi connectivity index (χ1n) is 23.3. The largest absolute Gasteiger partial charge is 0.354 e. The molecular formula is C57H67N5S. The molecule has 1 fully saturated rings. The molecule has 8 rings (SSSR count). The van der Waals surface area contributed by atoms with Crippen LogP contribution in [0.25, 0.3) is 0 Å². The molecule has 0 saturated carbocycles. The van der Waals surface area contributed by atoms with Crippen molar-refractivity contribution in [1.29, 1.82) is 0 Å². The van der Waals surface area contributed by atoms with E-state index in [1.807, 2.05) is 11.8 Å². The van der Waals surface area contributed by atoms with Gasteiger partial charge in [-0.25, -0.2) is 0 Å². The van der Waals surface area contributed by atoms with Crippen LogP contribution in [0.15, 0.2) is 212 Å². The summed E-state index contributed by atoms with van der Waals surface area (Å²) in [5, 5.41) is 8.40. The van der Waals surface area contributed by atoms with Gasteiger partial charge in [0.25, 0.3) is 0 Å². The monoisotopic (exact) mass is 854 g/mol. The van der Waals surface area contributed by atoms with Crippen molar-refractivity contribution in [3.05, 3.63) is 202 Å². The lowest BCUT2D eigenvalue weighted by Crippen LogP contribution is -2.52. The molecule has 1 saturated heterocycles. The molecule has 326 valence electrons. The molecule has 5 nitrogen and oxygen atoms in total. The van der Waals surface area contributed by atoms with Gasteiger partial charge in [-0.1, -0.05) is 152 Å². The summed E-state index contributed by atoms with van der Waals surface area (Å²) in [6, 6.07) is 0.0968. The van der Waals surface area contributed by atoms with Gasteiger partial charge in [0, 0.05) is 22.0 Å². The number of rotatable bonds is 11. The first kappa shape index (κ1) is 44.6. The van der Waals surface area contributed by atoms with Crippen LogP contribution in [-0.4, -0.2) is 41.2 Å². The zero-order valence-electron chi connectivity index (χ0n) is 38.1. The average molecular weight is 854 g/mol. The number of aliphatic imine (C=N–C) groups is 2. The van der Waals surface area contributed by atoms with Crippen LogP contribution in [0.3, 0.4) is 0 Å². The number of thioether (sulfide) groups is 1. The highest BCUT2D eigenvalue weighted by Crippen LogP contribution is 2.51. The summed E-state index contributed by atoms with van der Waals surface area (Å²) in [6.45, 7) is 16.3. The quantitative estimate of drug-likeness (QED) is 0.143. The van der Waals surface area contributed by atoms with E-state index in [1.54, 1.807) is 0 Å². The highest BCUT2D eigenvalue weighted by Gasteiger charge is 2.37. The molecule has 0 aromatic heterocycles. The van der Waals surface area contributed by atoms with Crippen LogP contribution in [0, 0.1) is 23.2 Å². The zero-order valence-corrected chi connectivity index (χ0v) is 38.9. The fraction of sp³-hybridized carbons (Fsp3) is 0.368. The van der Waals surface area contributed by atoms with Crippen molar-refractivity contribution in [3.8, 4) is 0 Å². The molecule has 8 atom stereocenters. The minimum absolute atomic E-state index is 0.0968. The maximum Gasteiger partial charge on any atom is 0.112 e. The SMILES string of the molecule is C=C(/C=C(\C=C/C)C1NC(C2(C)C=CC=CC(C)=C2)=NCC(C2=CC=CCC2)N1)C1=CC(C(/C=C/C2=CC3C4=C[C@@H](C)CC=C4SC3C=C2)=NC(C)(N)C2C=CC=CC2)=CCCC1. The third-order valence-corrected chi connectivity index (χ3v) is 14.8. The summed E-state index contributed by atoms with van der Waals surface area (Å²) in [6.07, 6.45) is 60.9. The van der Waals surface area contributed by atoms with Gasteiger partial charge in [0.15, 0.2) is 0 Å². The van der Waals surface area contributed by atoms with Crippen molar-refractivity contribution in [3.63, 3.8) is 0 Å². The molecule has 0 aromatic rings. The highest BCUT2D eigenvalue weighted by atomic mass is 32.2. The average Bonchev–Trinajstić information content (AvgIpc) is 3.53.